The molecular weight excluding hydrogens is 441 g/mol. The van der Waals surface area contributed by atoms with Crippen molar-refractivity contribution in [3.63, 3.8) is 0 Å². The molecule has 1 aromatic heterocycles. The predicted molar refractivity (Wildman–Crippen MR) is 111 cm³/mol. The van der Waals surface area contributed by atoms with Gasteiger partial charge in [0.25, 0.3) is 5.89 Å². The molecule has 2 unspecified atom stereocenters. The number of carbonyl (C=O) groups is 1. The fourth-order valence-corrected chi connectivity index (χ4v) is 5.11. The molecule has 2 bridgehead atoms. The molecule has 3 heterocycles. The zero-order valence-electron chi connectivity index (χ0n) is 18.2. The molecule has 2 saturated heterocycles. The van der Waals surface area contributed by atoms with Gasteiger partial charge in [-0.05, 0) is 57.7 Å². The quantitative estimate of drug-likeness (QED) is 0.636. The van der Waals surface area contributed by atoms with E-state index in [2.05, 4.69) is 10.1 Å². The summed E-state index contributed by atoms with van der Waals surface area (Å²) in [6.07, 6.45) is 3.76. The van der Waals surface area contributed by atoms with E-state index in [0.717, 1.165) is 25.2 Å². The number of ether oxygens (including phenoxy) is 2. The molecule has 4 rings (SSSR count). The Bertz CT molecular complexity index is 1090. The van der Waals surface area contributed by atoms with Crippen molar-refractivity contribution >= 4 is 15.9 Å². The van der Waals surface area contributed by atoms with Crippen molar-refractivity contribution in [2.45, 2.75) is 75.3 Å². The van der Waals surface area contributed by atoms with Crippen LogP contribution in [0.2, 0.25) is 0 Å². The number of amides is 1. The number of aromatic nitrogens is 2. The van der Waals surface area contributed by atoms with Crippen LogP contribution in [0.25, 0.3) is 11.4 Å². The van der Waals surface area contributed by atoms with E-state index in [1.54, 1.807) is 0 Å². The Labute approximate surface area is 185 Å². The lowest BCUT2D eigenvalue weighted by atomic mass is 10.0. The van der Waals surface area contributed by atoms with Gasteiger partial charge in [-0.2, -0.15) is 4.98 Å². The molecule has 1 amide bonds. The van der Waals surface area contributed by atoms with Crippen molar-refractivity contribution in [2.75, 3.05) is 6.26 Å². The van der Waals surface area contributed by atoms with Crippen LogP contribution >= 0.6 is 0 Å². The monoisotopic (exact) mass is 467 g/mol. The normalized spacial score (nSPS) is 23.0. The van der Waals surface area contributed by atoms with Crippen LogP contribution in [0, 0.1) is 5.82 Å². The molecule has 0 saturated carbocycles. The summed E-state index contributed by atoms with van der Waals surface area (Å²) in [6, 6.07) is 3.87. The molecule has 174 valence electrons. The van der Waals surface area contributed by atoms with Gasteiger partial charge in [-0.25, -0.2) is 17.6 Å². The molecule has 1 aromatic carbocycles. The summed E-state index contributed by atoms with van der Waals surface area (Å²) in [5.41, 5.74) is 0.305. The molecule has 11 heteroatoms. The van der Waals surface area contributed by atoms with E-state index in [0.29, 0.717) is 18.4 Å². The Hall–Kier alpha value is -2.53. The predicted octanol–water partition coefficient (Wildman–Crippen LogP) is 3.34. The number of carbonyl (C=O) groups excluding carboxylic acids is 1. The third-order valence-electron chi connectivity index (χ3n) is 5.74. The number of rotatable bonds is 6. The summed E-state index contributed by atoms with van der Waals surface area (Å²) < 4.78 is 53.8. The van der Waals surface area contributed by atoms with Gasteiger partial charge in [0, 0.05) is 23.9 Å². The lowest BCUT2D eigenvalue weighted by molar-refractivity contribution is -0.0365. The smallest absolute Gasteiger partial charge is 0.410 e. The SMILES string of the molecule is CC(C)OC(=O)N1C2CCC1CC(OCc1nc(-c3ccc(S(C)(=O)=O)c(F)c3)no1)C2. The summed E-state index contributed by atoms with van der Waals surface area (Å²) >= 11 is 0. The number of fused-ring (bicyclic) bond motifs is 2. The molecule has 0 N–H and O–H groups in total. The van der Waals surface area contributed by atoms with Crippen molar-refractivity contribution in [1.29, 1.82) is 0 Å². The van der Waals surface area contributed by atoms with Gasteiger partial charge in [-0.1, -0.05) is 5.16 Å². The highest BCUT2D eigenvalue weighted by molar-refractivity contribution is 7.90. The maximum atomic E-state index is 14.1. The van der Waals surface area contributed by atoms with Gasteiger partial charge in [-0.15, -0.1) is 0 Å². The minimum absolute atomic E-state index is 0.0440. The minimum atomic E-state index is -3.66. The topological polar surface area (TPSA) is 112 Å². The Kier molecular flexibility index (Phi) is 6.22. The molecule has 2 aromatic rings. The molecule has 2 atom stereocenters. The fraction of sp³-hybridized carbons (Fsp3) is 0.571. The van der Waals surface area contributed by atoms with Crippen LogP contribution in [0.15, 0.2) is 27.6 Å². The van der Waals surface area contributed by atoms with E-state index < -0.39 is 15.7 Å². The second kappa shape index (κ2) is 8.78. The maximum Gasteiger partial charge on any atom is 0.410 e. The second-order valence-corrected chi connectivity index (χ2v) is 10.5. The van der Waals surface area contributed by atoms with Gasteiger partial charge >= 0.3 is 6.09 Å². The highest BCUT2D eigenvalue weighted by atomic mass is 32.2. The Morgan fingerprint density at radius 2 is 1.97 bits per heavy atom. The molecule has 9 nitrogen and oxygen atoms in total. The number of hydrogen-bond acceptors (Lipinski definition) is 8. The third kappa shape index (κ3) is 4.78. The van der Waals surface area contributed by atoms with Crippen LogP contribution in [0.1, 0.15) is 45.4 Å². The number of hydrogen-bond donors (Lipinski definition) is 0. The van der Waals surface area contributed by atoms with E-state index in [1.807, 2.05) is 18.7 Å². The molecule has 2 fully saturated rings. The van der Waals surface area contributed by atoms with Crippen LogP contribution in [-0.2, 0) is 25.9 Å². The fourth-order valence-electron chi connectivity index (χ4n) is 4.38. The van der Waals surface area contributed by atoms with Gasteiger partial charge in [-0.3, -0.25) is 0 Å². The molecule has 0 aliphatic carbocycles. The second-order valence-electron chi connectivity index (χ2n) is 8.56. The molecule has 0 spiro atoms. The lowest BCUT2D eigenvalue weighted by Gasteiger charge is -2.38. The number of halogens is 1. The van der Waals surface area contributed by atoms with Crippen molar-refractivity contribution in [3.05, 3.63) is 29.9 Å². The van der Waals surface area contributed by atoms with E-state index >= 15 is 0 Å². The summed E-state index contributed by atoms with van der Waals surface area (Å²) in [5.74, 6) is -0.485. The third-order valence-corrected chi connectivity index (χ3v) is 6.87. The Morgan fingerprint density at radius 3 is 2.56 bits per heavy atom. The first-order valence-corrected chi connectivity index (χ1v) is 12.4. The van der Waals surface area contributed by atoms with Gasteiger partial charge in [0.15, 0.2) is 9.84 Å². The van der Waals surface area contributed by atoms with Gasteiger partial charge in [0.05, 0.1) is 12.2 Å². The number of nitrogens with zero attached hydrogens (tertiary/aromatic N) is 3. The average molecular weight is 468 g/mol. The van der Waals surface area contributed by atoms with E-state index in [9.17, 15) is 17.6 Å². The minimum Gasteiger partial charge on any atom is -0.447 e. The molecule has 0 radical (unpaired) electrons. The van der Waals surface area contributed by atoms with Crippen LogP contribution in [0.4, 0.5) is 9.18 Å². The zero-order chi connectivity index (χ0) is 23.0. The first-order valence-electron chi connectivity index (χ1n) is 10.5. The van der Waals surface area contributed by atoms with E-state index in [-0.39, 0.29) is 53.6 Å². The summed E-state index contributed by atoms with van der Waals surface area (Å²) in [4.78, 5) is 18.1. The maximum absolute atomic E-state index is 14.1. The van der Waals surface area contributed by atoms with Crippen molar-refractivity contribution in [3.8, 4) is 11.4 Å². The number of benzene rings is 1. The highest BCUT2D eigenvalue weighted by Gasteiger charge is 2.44. The summed E-state index contributed by atoms with van der Waals surface area (Å²) in [7, 11) is -3.66. The average Bonchev–Trinajstić information content (AvgIpc) is 3.27. The van der Waals surface area contributed by atoms with E-state index in [1.165, 1.54) is 12.1 Å². The molecular formula is C21H26FN3O6S. The Balaban J connectivity index is 1.36. The summed E-state index contributed by atoms with van der Waals surface area (Å²) in [6.45, 7) is 3.77. The van der Waals surface area contributed by atoms with Crippen LogP contribution in [-0.4, -0.2) is 60.1 Å². The van der Waals surface area contributed by atoms with Crippen LogP contribution in [0.3, 0.4) is 0 Å². The standard InChI is InChI=1S/C21H26FN3O6S/c1-12(2)30-21(26)25-14-5-6-15(25)10-16(9-14)29-11-19-23-20(24-31-19)13-4-7-18(17(22)8-13)32(3,27)28/h4,7-8,12,14-16H,5-6,9-11H2,1-3H3. The molecule has 2 aliphatic rings. The van der Waals surface area contributed by atoms with Crippen molar-refractivity contribution in [1.82, 2.24) is 15.0 Å². The molecule has 2 aliphatic heterocycles. The van der Waals surface area contributed by atoms with Gasteiger partial charge < -0.3 is 18.9 Å². The van der Waals surface area contributed by atoms with Gasteiger partial charge in [0.2, 0.25) is 5.82 Å². The number of sulfone groups is 1. The first kappa shape index (κ1) is 22.7. The van der Waals surface area contributed by atoms with Gasteiger partial charge in [0.1, 0.15) is 17.3 Å². The highest BCUT2D eigenvalue weighted by Crippen LogP contribution is 2.37. The summed E-state index contributed by atoms with van der Waals surface area (Å²) in [5, 5.41) is 3.84. The lowest BCUT2D eigenvalue weighted by Crippen LogP contribution is -2.49. The molecule has 32 heavy (non-hydrogen) atoms. The van der Waals surface area contributed by atoms with Crippen molar-refractivity contribution < 1.29 is 31.6 Å². The van der Waals surface area contributed by atoms with Crippen LogP contribution in [0.5, 0.6) is 0 Å². The van der Waals surface area contributed by atoms with Crippen molar-refractivity contribution in [2.24, 2.45) is 0 Å². The van der Waals surface area contributed by atoms with E-state index in [4.69, 9.17) is 14.0 Å². The number of piperidine rings is 1. The zero-order valence-corrected chi connectivity index (χ0v) is 19.0. The van der Waals surface area contributed by atoms with Crippen LogP contribution < -0.4 is 0 Å². The first-order chi connectivity index (χ1) is 15.1. The largest absolute Gasteiger partial charge is 0.447 e. The Morgan fingerprint density at radius 1 is 1.28 bits per heavy atom.